The van der Waals surface area contributed by atoms with Gasteiger partial charge in [0.2, 0.25) is 5.91 Å². The monoisotopic (exact) mass is 361 g/mol. The fraction of sp³-hybridized carbons (Fsp3) is 0.353. The predicted octanol–water partition coefficient (Wildman–Crippen LogP) is 0.869. The summed E-state index contributed by atoms with van der Waals surface area (Å²) in [5, 5.41) is 12.7. The van der Waals surface area contributed by atoms with E-state index < -0.39 is 29.5 Å². The van der Waals surface area contributed by atoms with Crippen LogP contribution in [0.1, 0.15) is 28.2 Å². The molecule has 0 aliphatic carbocycles. The molecule has 2 aliphatic heterocycles. The minimum atomic E-state index is -0.842. The number of hydrogen-bond donors (Lipinski definition) is 3. The summed E-state index contributed by atoms with van der Waals surface area (Å²) in [5.74, 6) is -2.62. The number of nitrogens with one attached hydrogen (secondary N) is 3. The maximum Gasteiger partial charge on any atom is 0.272 e. The molecule has 136 valence electrons. The van der Waals surface area contributed by atoms with E-state index in [9.17, 15) is 18.4 Å². The van der Waals surface area contributed by atoms with Crippen molar-refractivity contribution in [1.29, 1.82) is 0 Å². The Labute approximate surface area is 147 Å². The van der Waals surface area contributed by atoms with Gasteiger partial charge in [-0.3, -0.25) is 14.7 Å². The summed E-state index contributed by atoms with van der Waals surface area (Å²) in [6.45, 7) is 1.46. The zero-order valence-corrected chi connectivity index (χ0v) is 13.8. The summed E-state index contributed by atoms with van der Waals surface area (Å²) in [4.78, 5) is 26.1. The summed E-state index contributed by atoms with van der Waals surface area (Å²) in [7, 11) is 0. The van der Waals surface area contributed by atoms with Crippen LogP contribution in [0.4, 0.5) is 14.5 Å². The molecule has 2 aliphatic rings. The number of nitrogens with zero attached hydrogens (tertiary/aromatic N) is 2. The Hall–Kier alpha value is -2.81. The molecule has 2 aromatic rings. The average Bonchev–Trinajstić information content (AvgIpc) is 3.20. The Bertz CT molecular complexity index is 862. The molecule has 1 saturated heterocycles. The first kappa shape index (κ1) is 16.6. The summed E-state index contributed by atoms with van der Waals surface area (Å²) in [5.41, 5.74) is 1.56. The van der Waals surface area contributed by atoms with Crippen LogP contribution in [-0.2, 0) is 17.8 Å². The number of carbonyl (C=O) groups is 2. The third-order valence-electron chi connectivity index (χ3n) is 4.74. The molecular formula is C17H17F2N5O2. The van der Waals surface area contributed by atoms with Gasteiger partial charge in [-0.05, 0) is 18.6 Å². The van der Waals surface area contributed by atoms with E-state index in [1.54, 1.807) is 0 Å². The van der Waals surface area contributed by atoms with Gasteiger partial charge >= 0.3 is 0 Å². The summed E-state index contributed by atoms with van der Waals surface area (Å²) in [6, 6.07) is 2.59. The lowest BCUT2D eigenvalue weighted by atomic mass is 10.1. The number of fused-ring (bicyclic) bond motifs is 1. The fourth-order valence-electron chi connectivity index (χ4n) is 3.42. The van der Waals surface area contributed by atoms with Gasteiger partial charge in [0, 0.05) is 37.3 Å². The van der Waals surface area contributed by atoms with Gasteiger partial charge in [0.25, 0.3) is 5.91 Å². The molecule has 1 aromatic carbocycles. The lowest BCUT2D eigenvalue weighted by molar-refractivity contribution is -0.118. The Kier molecular flexibility index (Phi) is 4.15. The van der Waals surface area contributed by atoms with Crippen LogP contribution in [0.25, 0.3) is 0 Å². The van der Waals surface area contributed by atoms with E-state index in [2.05, 4.69) is 20.8 Å². The molecule has 0 radical (unpaired) electrons. The number of para-hydroxylation sites is 1. The Balaban J connectivity index is 1.51. The second kappa shape index (κ2) is 6.49. The molecular weight excluding hydrogens is 344 g/mol. The van der Waals surface area contributed by atoms with Crippen molar-refractivity contribution in [2.45, 2.75) is 25.4 Å². The number of aromatic amines is 1. The summed E-state index contributed by atoms with van der Waals surface area (Å²) in [6.07, 6.45) is 1.02. The topological polar surface area (TPSA) is 90.1 Å². The van der Waals surface area contributed by atoms with E-state index >= 15 is 0 Å². The van der Waals surface area contributed by atoms with Gasteiger partial charge in [-0.1, -0.05) is 6.07 Å². The van der Waals surface area contributed by atoms with Crippen molar-refractivity contribution < 1.29 is 18.4 Å². The first-order valence-corrected chi connectivity index (χ1v) is 8.39. The van der Waals surface area contributed by atoms with E-state index in [-0.39, 0.29) is 24.3 Å². The predicted molar refractivity (Wildman–Crippen MR) is 88.6 cm³/mol. The molecule has 3 N–H and O–H groups in total. The number of amides is 2. The van der Waals surface area contributed by atoms with E-state index in [0.717, 1.165) is 41.3 Å². The largest absolute Gasteiger partial charge is 0.339 e. The Morgan fingerprint density at radius 2 is 2.08 bits per heavy atom. The number of anilines is 1. The Morgan fingerprint density at radius 1 is 1.31 bits per heavy atom. The number of rotatable bonds is 3. The van der Waals surface area contributed by atoms with Crippen LogP contribution in [-0.4, -0.2) is 41.1 Å². The zero-order valence-electron chi connectivity index (χ0n) is 13.8. The highest BCUT2D eigenvalue weighted by atomic mass is 19.1. The van der Waals surface area contributed by atoms with Crippen LogP contribution < -0.4 is 15.5 Å². The molecule has 7 nitrogen and oxygen atoms in total. The van der Waals surface area contributed by atoms with Gasteiger partial charge in [0.15, 0.2) is 5.69 Å². The van der Waals surface area contributed by atoms with Crippen LogP contribution in [0.15, 0.2) is 18.2 Å². The van der Waals surface area contributed by atoms with Gasteiger partial charge in [-0.25, -0.2) is 8.78 Å². The first-order chi connectivity index (χ1) is 12.6. The molecule has 1 fully saturated rings. The molecule has 1 atom stereocenters. The highest BCUT2D eigenvalue weighted by Gasteiger charge is 2.37. The third kappa shape index (κ3) is 2.74. The van der Waals surface area contributed by atoms with E-state index in [1.807, 2.05) is 0 Å². The molecule has 1 aromatic heterocycles. The lowest BCUT2D eigenvalue weighted by Crippen LogP contribution is -2.42. The van der Waals surface area contributed by atoms with Crippen molar-refractivity contribution in [2.24, 2.45) is 0 Å². The second-order valence-electron chi connectivity index (χ2n) is 6.33. The standard InChI is InChI=1S/C17H17F2N5O2/c18-10-2-1-3-11(19)15(10)24-7-5-13(17(24)26)21-16(25)14-9-8-20-6-4-12(9)22-23-14/h1-3,13,20H,4-8H2,(H,21,25)(H,22,23). The van der Waals surface area contributed by atoms with Crippen molar-refractivity contribution in [3.8, 4) is 0 Å². The summed E-state index contributed by atoms with van der Waals surface area (Å²) < 4.78 is 27.9. The maximum atomic E-state index is 13.9. The molecule has 0 saturated carbocycles. The quantitative estimate of drug-likeness (QED) is 0.757. The highest BCUT2D eigenvalue weighted by molar-refractivity contribution is 6.04. The lowest BCUT2D eigenvalue weighted by Gasteiger charge is -2.18. The fourth-order valence-corrected chi connectivity index (χ4v) is 3.42. The molecule has 2 amide bonds. The molecule has 3 heterocycles. The average molecular weight is 361 g/mol. The number of H-pyrrole nitrogens is 1. The minimum Gasteiger partial charge on any atom is -0.339 e. The molecule has 26 heavy (non-hydrogen) atoms. The minimum absolute atomic E-state index is 0.127. The van der Waals surface area contributed by atoms with Crippen molar-refractivity contribution in [3.63, 3.8) is 0 Å². The molecule has 1 unspecified atom stereocenters. The van der Waals surface area contributed by atoms with E-state index in [0.29, 0.717) is 6.54 Å². The smallest absolute Gasteiger partial charge is 0.272 e. The number of halogens is 2. The molecule has 9 heteroatoms. The highest BCUT2D eigenvalue weighted by Crippen LogP contribution is 2.27. The number of hydrogen-bond acceptors (Lipinski definition) is 4. The number of benzene rings is 1. The van der Waals surface area contributed by atoms with Crippen molar-refractivity contribution in [3.05, 3.63) is 46.8 Å². The van der Waals surface area contributed by atoms with Crippen molar-refractivity contribution in [2.75, 3.05) is 18.0 Å². The van der Waals surface area contributed by atoms with Crippen molar-refractivity contribution >= 4 is 17.5 Å². The normalized spacial score (nSPS) is 19.5. The Morgan fingerprint density at radius 3 is 2.85 bits per heavy atom. The first-order valence-electron chi connectivity index (χ1n) is 8.39. The van der Waals surface area contributed by atoms with Crippen LogP contribution in [0.2, 0.25) is 0 Å². The van der Waals surface area contributed by atoms with Crippen LogP contribution in [0.5, 0.6) is 0 Å². The van der Waals surface area contributed by atoms with E-state index in [4.69, 9.17) is 0 Å². The van der Waals surface area contributed by atoms with Gasteiger partial charge < -0.3 is 15.5 Å². The second-order valence-corrected chi connectivity index (χ2v) is 6.33. The third-order valence-corrected chi connectivity index (χ3v) is 4.74. The van der Waals surface area contributed by atoms with Gasteiger partial charge in [0.1, 0.15) is 23.4 Å². The summed E-state index contributed by atoms with van der Waals surface area (Å²) >= 11 is 0. The number of carbonyl (C=O) groups excluding carboxylic acids is 2. The van der Waals surface area contributed by atoms with Crippen LogP contribution in [0.3, 0.4) is 0 Å². The van der Waals surface area contributed by atoms with E-state index in [1.165, 1.54) is 6.07 Å². The van der Waals surface area contributed by atoms with Crippen molar-refractivity contribution in [1.82, 2.24) is 20.8 Å². The number of aromatic nitrogens is 2. The van der Waals surface area contributed by atoms with Gasteiger partial charge in [-0.2, -0.15) is 5.10 Å². The molecule has 4 rings (SSSR count). The van der Waals surface area contributed by atoms with Gasteiger partial charge in [-0.15, -0.1) is 0 Å². The zero-order chi connectivity index (χ0) is 18.3. The molecule has 0 bridgehead atoms. The molecule has 0 spiro atoms. The van der Waals surface area contributed by atoms with Crippen LogP contribution >= 0.6 is 0 Å². The SMILES string of the molecule is O=C(NC1CCN(c2c(F)cccc2F)C1=O)c1n[nH]c2c1CNCC2. The van der Waals surface area contributed by atoms with Gasteiger partial charge in [0.05, 0.1) is 0 Å². The van der Waals surface area contributed by atoms with Crippen LogP contribution in [0, 0.1) is 11.6 Å². The maximum absolute atomic E-state index is 13.9.